The Morgan fingerprint density at radius 2 is 1.89 bits per heavy atom. The van der Waals surface area contributed by atoms with E-state index in [4.69, 9.17) is 0 Å². The molecular formula is C13H15NO4S. The van der Waals surface area contributed by atoms with Crippen LogP contribution >= 0.6 is 0 Å². The molecule has 102 valence electrons. The van der Waals surface area contributed by atoms with E-state index in [1.54, 1.807) is 12.1 Å². The van der Waals surface area contributed by atoms with E-state index in [0.717, 1.165) is 10.5 Å². The molecule has 1 heterocycles. The zero-order valence-electron chi connectivity index (χ0n) is 10.6. The standard InChI is InChI=1S/C13H15NO4S/c1-10-4-6-11(7-5-10)19(17,18)9-13(16)14-8-2-3-12(14)15/h4-7H,2-3,8-9H2,1H3. The normalized spacial score (nSPS) is 15.8. The molecule has 1 fully saturated rings. The Balaban J connectivity index is 2.15. The summed E-state index contributed by atoms with van der Waals surface area (Å²) in [5, 5.41) is 0. The van der Waals surface area contributed by atoms with Crippen LogP contribution < -0.4 is 0 Å². The van der Waals surface area contributed by atoms with Crippen molar-refractivity contribution >= 4 is 21.7 Å². The van der Waals surface area contributed by atoms with Gasteiger partial charge in [-0.15, -0.1) is 0 Å². The summed E-state index contributed by atoms with van der Waals surface area (Å²) < 4.78 is 24.1. The fraction of sp³-hybridized carbons (Fsp3) is 0.385. The van der Waals surface area contributed by atoms with Crippen LogP contribution in [0.5, 0.6) is 0 Å². The molecule has 1 aliphatic rings. The topological polar surface area (TPSA) is 71.5 Å². The van der Waals surface area contributed by atoms with Gasteiger partial charge >= 0.3 is 0 Å². The number of aryl methyl sites for hydroxylation is 1. The van der Waals surface area contributed by atoms with E-state index in [1.165, 1.54) is 12.1 Å². The van der Waals surface area contributed by atoms with Gasteiger partial charge in [-0.2, -0.15) is 0 Å². The Morgan fingerprint density at radius 1 is 1.26 bits per heavy atom. The Morgan fingerprint density at radius 3 is 2.42 bits per heavy atom. The average Bonchev–Trinajstić information content (AvgIpc) is 2.75. The molecule has 0 N–H and O–H groups in total. The fourth-order valence-electron chi connectivity index (χ4n) is 1.98. The lowest BCUT2D eigenvalue weighted by molar-refractivity contribution is -0.140. The maximum absolute atomic E-state index is 12.1. The number of benzene rings is 1. The molecule has 0 aromatic heterocycles. The molecule has 2 amide bonds. The first-order chi connectivity index (χ1) is 8.90. The third kappa shape index (κ3) is 3.01. The summed E-state index contributed by atoms with van der Waals surface area (Å²) in [6, 6.07) is 6.31. The van der Waals surface area contributed by atoms with Gasteiger partial charge in [-0.1, -0.05) is 17.7 Å². The van der Waals surface area contributed by atoms with E-state index in [9.17, 15) is 18.0 Å². The highest BCUT2D eigenvalue weighted by atomic mass is 32.2. The molecule has 0 bridgehead atoms. The van der Waals surface area contributed by atoms with Gasteiger partial charge in [0.2, 0.25) is 11.8 Å². The summed E-state index contributed by atoms with van der Waals surface area (Å²) in [6.45, 7) is 2.17. The van der Waals surface area contributed by atoms with E-state index < -0.39 is 21.5 Å². The van der Waals surface area contributed by atoms with Crippen LogP contribution in [-0.2, 0) is 19.4 Å². The molecule has 0 saturated carbocycles. The second-order valence-electron chi connectivity index (χ2n) is 4.61. The molecule has 1 aromatic carbocycles. The molecule has 1 aliphatic heterocycles. The number of amides is 2. The number of carbonyl (C=O) groups is 2. The van der Waals surface area contributed by atoms with Crippen LogP contribution in [-0.4, -0.2) is 37.4 Å². The lowest BCUT2D eigenvalue weighted by Crippen LogP contribution is -2.36. The van der Waals surface area contributed by atoms with Gasteiger partial charge in [0, 0.05) is 13.0 Å². The van der Waals surface area contributed by atoms with Crippen LogP contribution in [0.1, 0.15) is 18.4 Å². The van der Waals surface area contributed by atoms with Crippen molar-refractivity contribution in [2.45, 2.75) is 24.7 Å². The molecule has 0 radical (unpaired) electrons. The molecule has 0 spiro atoms. The zero-order chi connectivity index (χ0) is 14.0. The molecule has 0 aliphatic carbocycles. The molecule has 1 aromatic rings. The molecule has 6 heteroatoms. The first-order valence-corrected chi connectivity index (χ1v) is 7.68. The van der Waals surface area contributed by atoms with Crippen molar-refractivity contribution in [1.29, 1.82) is 0 Å². The lowest BCUT2D eigenvalue weighted by Gasteiger charge is -2.13. The molecule has 2 rings (SSSR count). The van der Waals surface area contributed by atoms with Gasteiger partial charge in [0.15, 0.2) is 9.84 Å². The number of rotatable bonds is 3. The largest absolute Gasteiger partial charge is 0.282 e. The second kappa shape index (κ2) is 5.13. The molecule has 1 saturated heterocycles. The quantitative estimate of drug-likeness (QED) is 0.826. The number of sulfone groups is 1. The first kappa shape index (κ1) is 13.7. The highest BCUT2D eigenvalue weighted by molar-refractivity contribution is 7.92. The molecule has 0 unspecified atom stereocenters. The number of likely N-dealkylation sites (tertiary alicyclic amines) is 1. The zero-order valence-corrected chi connectivity index (χ0v) is 11.4. The van der Waals surface area contributed by atoms with Crippen molar-refractivity contribution in [2.24, 2.45) is 0 Å². The predicted molar refractivity (Wildman–Crippen MR) is 69.2 cm³/mol. The molecule has 5 nitrogen and oxygen atoms in total. The van der Waals surface area contributed by atoms with E-state index in [-0.39, 0.29) is 10.8 Å². The van der Waals surface area contributed by atoms with Crippen LogP contribution in [0.4, 0.5) is 0 Å². The number of hydrogen-bond donors (Lipinski definition) is 0. The van der Waals surface area contributed by atoms with Crippen molar-refractivity contribution in [3.8, 4) is 0 Å². The Kier molecular flexibility index (Phi) is 3.71. The summed E-state index contributed by atoms with van der Waals surface area (Å²) >= 11 is 0. The highest BCUT2D eigenvalue weighted by Gasteiger charge is 2.30. The van der Waals surface area contributed by atoms with Crippen molar-refractivity contribution in [3.63, 3.8) is 0 Å². The number of carbonyl (C=O) groups excluding carboxylic acids is 2. The van der Waals surface area contributed by atoms with Gasteiger partial charge in [0.1, 0.15) is 5.75 Å². The van der Waals surface area contributed by atoms with E-state index >= 15 is 0 Å². The third-order valence-electron chi connectivity index (χ3n) is 3.07. The average molecular weight is 281 g/mol. The monoisotopic (exact) mass is 281 g/mol. The summed E-state index contributed by atoms with van der Waals surface area (Å²) in [6.07, 6.45) is 0.922. The maximum atomic E-state index is 12.1. The van der Waals surface area contributed by atoms with Crippen molar-refractivity contribution in [3.05, 3.63) is 29.8 Å². The Bertz CT molecular complexity index is 604. The summed E-state index contributed by atoms with van der Waals surface area (Å²) in [7, 11) is -3.68. The van der Waals surface area contributed by atoms with Gasteiger partial charge in [-0.25, -0.2) is 8.42 Å². The summed E-state index contributed by atoms with van der Waals surface area (Å²) in [5.41, 5.74) is 0.944. The second-order valence-corrected chi connectivity index (χ2v) is 6.60. The summed E-state index contributed by atoms with van der Waals surface area (Å²) in [5.74, 6) is -1.57. The van der Waals surface area contributed by atoms with Crippen LogP contribution in [0.15, 0.2) is 29.2 Å². The van der Waals surface area contributed by atoms with Gasteiger partial charge in [0.25, 0.3) is 0 Å². The molecule has 0 atom stereocenters. The third-order valence-corrected chi connectivity index (χ3v) is 4.69. The predicted octanol–water partition coefficient (Wildman–Crippen LogP) is 0.918. The van der Waals surface area contributed by atoms with E-state index in [0.29, 0.717) is 19.4 Å². The summed E-state index contributed by atoms with van der Waals surface area (Å²) in [4.78, 5) is 24.4. The van der Waals surface area contributed by atoms with E-state index in [2.05, 4.69) is 0 Å². The van der Waals surface area contributed by atoms with Crippen molar-refractivity contribution in [1.82, 2.24) is 4.90 Å². The van der Waals surface area contributed by atoms with Crippen LogP contribution in [0.3, 0.4) is 0 Å². The number of hydrogen-bond acceptors (Lipinski definition) is 4. The number of nitrogens with zero attached hydrogens (tertiary/aromatic N) is 1. The van der Waals surface area contributed by atoms with Gasteiger partial charge < -0.3 is 0 Å². The van der Waals surface area contributed by atoms with E-state index in [1.807, 2.05) is 6.92 Å². The maximum Gasteiger partial charge on any atom is 0.244 e. The van der Waals surface area contributed by atoms with Crippen molar-refractivity contribution < 1.29 is 18.0 Å². The fourth-order valence-corrected chi connectivity index (χ4v) is 3.18. The van der Waals surface area contributed by atoms with Gasteiger partial charge in [0.05, 0.1) is 4.90 Å². The Labute approximate surface area is 112 Å². The van der Waals surface area contributed by atoms with Gasteiger partial charge in [-0.3, -0.25) is 14.5 Å². The van der Waals surface area contributed by atoms with Gasteiger partial charge in [-0.05, 0) is 25.5 Å². The SMILES string of the molecule is Cc1ccc(S(=O)(=O)CC(=O)N2CCCC2=O)cc1. The minimum Gasteiger partial charge on any atom is -0.282 e. The van der Waals surface area contributed by atoms with Crippen LogP contribution in [0.25, 0.3) is 0 Å². The minimum atomic E-state index is -3.68. The first-order valence-electron chi connectivity index (χ1n) is 6.03. The minimum absolute atomic E-state index is 0.109. The highest BCUT2D eigenvalue weighted by Crippen LogP contribution is 2.15. The smallest absolute Gasteiger partial charge is 0.244 e. The number of imide groups is 1. The van der Waals surface area contributed by atoms with Crippen molar-refractivity contribution in [2.75, 3.05) is 12.3 Å². The Hall–Kier alpha value is -1.69. The van der Waals surface area contributed by atoms with Crippen LogP contribution in [0, 0.1) is 6.92 Å². The molecular weight excluding hydrogens is 266 g/mol. The molecule has 19 heavy (non-hydrogen) atoms. The lowest BCUT2D eigenvalue weighted by atomic mass is 10.2. The van der Waals surface area contributed by atoms with Crippen LogP contribution in [0.2, 0.25) is 0 Å².